The maximum atomic E-state index is 12.7. The highest BCUT2D eigenvalue weighted by Gasteiger charge is 2.40. The van der Waals surface area contributed by atoms with E-state index in [-0.39, 0.29) is 18.5 Å². The SMILES string of the molecule is Cc1cc(C)c(-c2cc(NC(=O)COC(=O)C[C@@H]3C[C@H]4CC[C@H]3C4)n(-c3ccccc3)n2)cc1C. The molecule has 182 valence electrons. The number of amides is 1. The van der Waals surface area contributed by atoms with Gasteiger partial charge in [-0.2, -0.15) is 5.10 Å². The molecule has 5 rings (SSSR count). The van der Waals surface area contributed by atoms with Crippen molar-refractivity contribution in [2.24, 2.45) is 17.8 Å². The number of esters is 1. The first-order chi connectivity index (χ1) is 16.9. The van der Waals surface area contributed by atoms with E-state index in [1.54, 1.807) is 4.68 Å². The second-order valence-electron chi connectivity index (χ2n) is 10.3. The van der Waals surface area contributed by atoms with Gasteiger partial charge < -0.3 is 10.1 Å². The van der Waals surface area contributed by atoms with Crippen LogP contribution in [0, 0.1) is 38.5 Å². The zero-order valence-corrected chi connectivity index (χ0v) is 20.7. The molecule has 0 unspecified atom stereocenters. The van der Waals surface area contributed by atoms with Gasteiger partial charge in [-0.25, -0.2) is 4.68 Å². The summed E-state index contributed by atoms with van der Waals surface area (Å²) in [5.74, 6) is 1.77. The van der Waals surface area contributed by atoms with Gasteiger partial charge in [-0.15, -0.1) is 0 Å². The number of para-hydroxylation sites is 1. The quantitative estimate of drug-likeness (QED) is 0.444. The van der Waals surface area contributed by atoms with Gasteiger partial charge in [-0.3, -0.25) is 9.59 Å². The highest BCUT2D eigenvalue weighted by atomic mass is 16.5. The van der Waals surface area contributed by atoms with Crippen molar-refractivity contribution in [3.63, 3.8) is 0 Å². The molecule has 3 atom stereocenters. The summed E-state index contributed by atoms with van der Waals surface area (Å²) in [7, 11) is 0. The summed E-state index contributed by atoms with van der Waals surface area (Å²) in [6.45, 7) is 5.95. The average molecular weight is 472 g/mol. The number of nitrogens with one attached hydrogen (secondary N) is 1. The van der Waals surface area contributed by atoms with Crippen LogP contribution < -0.4 is 5.32 Å². The van der Waals surface area contributed by atoms with Crippen molar-refractivity contribution >= 4 is 17.7 Å². The average Bonchev–Trinajstić information content (AvgIpc) is 3.57. The van der Waals surface area contributed by atoms with Gasteiger partial charge >= 0.3 is 5.97 Å². The number of benzene rings is 2. The molecule has 0 aliphatic heterocycles. The third-order valence-corrected chi connectivity index (χ3v) is 7.77. The predicted octanol–water partition coefficient (Wildman–Crippen LogP) is 5.77. The number of hydrogen-bond donors (Lipinski definition) is 1. The van der Waals surface area contributed by atoms with Crippen molar-refractivity contribution in [3.05, 3.63) is 65.2 Å². The molecule has 6 heteroatoms. The molecule has 6 nitrogen and oxygen atoms in total. The van der Waals surface area contributed by atoms with Gasteiger partial charge in [-0.1, -0.05) is 30.7 Å². The Morgan fingerprint density at radius 3 is 2.49 bits per heavy atom. The second-order valence-corrected chi connectivity index (χ2v) is 10.3. The molecule has 2 fully saturated rings. The van der Waals surface area contributed by atoms with Crippen LogP contribution in [0.15, 0.2) is 48.5 Å². The first kappa shape index (κ1) is 23.3. The van der Waals surface area contributed by atoms with Crippen molar-refractivity contribution < 1.29 is 14.3 Å². The number of hydrogen-bond acceptors (Lipinski definition) is 4. The van der Waals surface area contributed by atoms with E-state index in [1.807, 2.05) is 36.4 Å². The van der Waals surface area contributed by atoms with Crippen LogP contribution in [0.3, 0.4) is 0 Å². The van der Waals surface area contributed by atoms with Gasteiger partial charge in [-0.05, 0) is 92.7 Å². The highest BCUT2D eigenvalue weighted by Crippen LogP contribution is 2.49. The van der Waals surface area contributed by atoms with Crippen LogP contribution in [0.2, 0.25) is 0 Å². The van der Waals surface area contributed by atoms with Gasteiger partial charge in [0.15, 0.2) is 6.61 Å². The lowest BCUT2D eigenvalue weighted by Gasteiger charge is -2.20. The van der Waals surface area contributed by atoms with E-state index >= 15 is 0 Å². The number of aryl methyl sites for hydroxylation is 3. The minimum Gasteiger partial charge on any atom is -0.456 e. The van der Waals surface area contributed by atoms with E-state index in [0.717, 1.165) is 34.8 Å². The summed E-state index contributed by atoms with van der Waals surface area (Å²) in [6.07, 6.45) is 5.34. The fourth-order valence-corrected chi connectivity index (χ4v) is 5.83. The number of carbonyl (C=O) groups excluding carboxylic acids is 2. The minimum absolute atomic E-state index is 0.277. The molecule has 0 spiro atoms. The summed E-state index contributed by atoms with van der Waals surface area (Å²) in [6, 6.07) is 15.8. The van der Waals surface area contributed by atoms with Crippen molar-refractivity contribution in [2.75, 3.05) is 11.9 Å². The molecule has 2 bridgehead atoms. The van der Waals surface area contributed by atoms with Crippen molar-refractivity contribution in [1.29, 1.82) is 0 Å². The number of carbonyl (C=O) groups is 2. The standard InChI is InChI=1S/C29H33N3O3/c1-18-11-20(3)25(12-19(18)2)26-16-27(32(31-26)24-7-5-4-6-8-24)30-28(33)17-35-29(34)15-23-14-21-9-10-22(23)13-21/h4-8,11-12,16,21-23H,9-10,13-15,17H2,1-3H3,(H,30,33)/t21-,22-,23-/m0/s1. The summed E-state index contributed by atoms with van der Waals surface area (Å²) in [5.41, 5.74) is 6.18. The number of fused-ring (bicyclic) bond motifs is 2. The topological polar surface area (TPSA) is 73.2 Å². The van der Waals surface area contributed by atoms with Crippen LogP contribution in [0.4, 0.5) is 5.82 Å². The maximum absolute atomic E-state index is 12.7. The number of nitrogens with zero attached hydrogens (tertiary/aromatic N) is 2. The fourth-order valence-electron chi connectivity index (χ4n) is 5.83. The van der Waals surface area contributed by atoms with E-state index in [2.05, 4.69) is 38.2 Å². The molecular formula is C29H33N3O3. The lowest BCUT2D eigenvalue weighted by Crippen LogP contribution is -2.24. The highest BCUT2D eigenvalue weighted by molar-refractivity contribution is 5.93. The van der Waals surface area contributed by atoms with Crippen LogP contribution in [-0.2, 0) is 14.3 Å². The van der Waals surface area contributed by atoms with Crippen LogP contribution in [-0.4, -0.2) is 28.3 Å². The molecule has 3 aromatic rings. The summed E-state index contributed by atoms with van der Waals surface area (Å²) >= 11 is 0. The van der Waals surface area contributed by atoms with Crippen molar-refractivity contribution in [2.45, 2.75) is 52.9 Å². The predicted molar refractivity (Wildman–Crippen MR) is 136 cm³/mol. The summed E-state index contributed by atoms with van der Waals surface area (Å²) in [5, 5.41) is 7.72. The normalized spacial score (nSPS) is 20.7. The molecule has 1 amide bonds. The van der Waals surface area contributed by atoms with E-state index in [1.165, 1.54) is 30.4 Å². The largest absolute Gasteiger partial charge is 0.456 e. The van der Waals surface area contributed by atoms with E-state index in [9.17, 15) is 9.59 Å². The Hall–Kier alpha value is -3.41. The maximum Gasteiger partial charge on any atom is 0.306 e. The lowest BCUT2D eigenvalue weighted by atomic mass is 9.86. The van der Waals surface area contributed by atoms with Gasteiger partial charge in [0.25, 0.3) is 5.91 Å². The van der Waals surface area contributed by atoms with E-state index in [0.29, 0.717) is 24.1 Å². The molecule has 1 heterocycles. The molecule has 2 aromatic carbocycles. The Labute approximate surface area is 206 Å². The zero-order valence-electron chi connectivity index (χ0n) is 20.7. The summed E-state index contributed by atoms with van der Waals surface area (Å²) in [4.78, 5) is 25.1. The van der Waals surface area contributed by atoms with Crippen LogP contribution in [0.25, 0.3) is 16.9 Å². The Balaban J connectivity index is 1.30. The van der Waals surface area contributed by atoms with Gasteiger partial charge in [0.2, 0.25) is 0 Å². The van der Waals surface area contributed by atoms with Gasteiger partial charge in [0.1, 0.15) is 5.82 Å². The van der Waals surface area contributed by atoms with Crippen molar-refractivity contribution in [3.8, 4) is 16.9 Å². The molecule has 1 N–H and O–H groups in total. The Kier molecular flexibility index (Phi) is 6.46. The van der Waals surface area contributed by atoms with Crippen molar-refractivity contribution in [1.82, 2.24) is 9.78 Å². The molecule has 0 saturated heterocycles. The van der Waals surface area contributed by atoms with Crippen LogP contribution >= 0.6 is 0 Å². The number of aromatic nitrogens is 2. The van der Waals surface area contributed by atoms with Crippen LogP contribution in [0.5, 0.6) is 0 Å². The molecule has 2 aliphatic carbocycles. The summed E-state index contributed by atoms with van der Waals surface area (Å²) < 4.78 is 7.07. The monoisotopic (exact) mass is 471 g/mol. The first-order valence-electron chi connectivity index (χ1n) is 12.6. The molecule has 0 radical (unpaired) electrons. The second kappa shape index (κ2) is 9.68. The van der Waals surface area contributed by atoms with Gasteiger partial charge in [0.05, 0.1) is 11.4 Å². The Morgan fingerprint density at radius 2 is 1.77 bits per heavy atom. The Bertz CT molecular complexity index is 1250. The number of rotatable bonds is 7. The molecule has 1 aromatic heterocycles. The molecule has 2 saturated carbocycles. The molecule has 35 heavy (non-hydrogen) atoms. The third kappa shape index (κ3) is 5.02. The zero-order chi connectivity index (χ0) is 24.5. The third-order valence-electron chi connectivity index (χ3n) is 7.77. The molecule has 2 aliphatic rings. The smallest absolute Gasteiger partial charge is 0.306 e. The van der Waals surface area contributed by atoms with Gasteiger partial charge in [0, 0.05) is 18.1 Å². The lowest BCUT2D eigenvalue weighted by molar-refractivity contribution is -0.148. The minimum atomic E-state index is -0.369. The first-order valence-corrected chi connectivity index (χ1v) is 12.6. The van der Waals surface area contributed by atoms with E-state index < -0.39 is 0 Å². The number of anilines is 1. The number of ether oxygens (including phenoxy) is 1. The van der Waals surface area contributed by atoms with E-state index in [4.69, 9.17) is 9.84 Å². The Morgan fingerprint density at radius 1 is 1.00 bits per heavy atom. The van der Waals surface area contributed by atoms with Crippen LogP contribution in [0.1, 0.15) is 48.8 Å². The molecular weight excluding hydrogens is 438 g/mol. The fraction of sp³-hybridized carbons (Fsp3) is 0.414.